The van der Waals surface area contributed by atoms with Crippen molar-refractivity contribution in [1.82, 2.24) is 10.3 Å². The molecule has 106 valence electrons. The van der Waals surface area contributed by atoms with E-state index in [4.69, 9.17) is 17.3 Å². The van der Waals surface area contributed by atoms with Crippen molar-refractivity contribution in [3.63, 3.8) is 0 Å². The highest BCUT2D eigenvalue weighted by atomic mass is 35.5. The van der Waals surface area contributed by atoms with Gasteiger partial charge in [0.05, 0.1) is 12.1 Å². The Labute approximate surface area is 128 Å². The highest BCUT2D eigenvalue weighted by molar-refractivity contribution is 6.30. The molecule has 3 N–H and O–H groups in total. The van der Waals surface area contributed by atoms with Crippen molar-refractivity contribution in [2.24, 2.45) is 5.73 Å². The Morgan fingerprint density at radius 2 is 2.05 bits per heavy atom. The van der Waals surface area contributed by atoms with Crippen LogP contribution in [0.2, 0.25) is 5.02 Å². The van der Waals surface area contributed by atoms with Gasteiger partial charge in [0.1, 0.15) is 0 Å². The number of pyridine rings is 1. The lowest BCUT2D eigenvalue weighted by Gasteiger charge is -2.05. The summed E-state index contributed by atoms with van der Waals surface area (Å²) >= 11 is 5.81. The van der Waals surface area contributed by atoms with Crippen LogP contribution in [0.1, 0.15) is 21.5 Å². The van der Waals surface area contributed by atoms with Gasteiger partial charge in [0.15, 0.2) is 0 Å². The lowest BCUT2D eigenvalue weighted by atomic mass is 10.2. The van der Waals surface area contributed by atoms with Crippen molar-refractivity contribution < 1.29 is 4.79 Å². The lowest BCUT2D eigenvalue weighted by Crippen LogP contribution is -2.23. The lowest BCUT2D eigenvalue weighted by molar-refractivity contribution is 0.0950. The Morgan fingerprint density at radius 1 is 1.29 bits per heavy atom. The fraction of sp³-hybridized carbons (Fsp3) is 0.125. The van der Waals surface area contributed by atoms with E-state index in [1.807, 2.05) is 12.1 Å². The maximum Gasteiger partial charge on any atom is 0.253 e. The summed E-state index contributed by atoms with van der Waals surface area (Å²) in [7, 11) is 0. The number of carbonyl (C=O) groups excluding carboxylic acids is 1. The topological polar surface area (TPSA) is 68.0 Å². The van der Waals surface area contributed by atoms with Crippen LogP contribution >= 0.6 is 11.6 Å². The van der Waals surface area contributed by atoms with E-state index in [9.17, 15) is 4.79 Å². The highest BCUT2D eigenvalue weighted by Gasteiger charge is 2.06. The number of nitrogens with zero attached hydrogens (tertiary/aromatic N) is 1. The van der Waals surface area contributed by atoms with Gasteiger partial charge in [0, 0.05) is 29.5 Å². The zero-order chi connectivity index (χ0) is 15.1. The molecule has 1 aromatic carbocycles. The van der Waals surface area contributed by atoms with Gasteiger partial charge in [-0.15, -0.1) is 0 Å². The molecule has 4 nitrogen and oxygen atoms in total. The number of aromatic nitrogens is 1. The molecule has 0 fully saturated rings. The van der Waals surface area contributed by atoms with E-state index in [0.717, 1.165) is 5.56 Å². The van der Waals surface area contributed by atoms with Crippen LogP contribution < -0.4 is 11.1 Å². The van der Waals surface area contributed by atoms with Crippen molar-refractivity contribution in [2.75, 3.05) is 6.54 Å². The van der Waals surface area contributed by atoms with E-state index in [1.54, 1.807) is 24.4 Å². The van der Waals surface area contributed by atoms with E-state index < -0.39 is 0 Å². The van der Waals surface area contributed by atoms with Gasteiger partial charge < -0.3 is 11.1 Å². The largest absolute Gasteiger partial charge is 0.348 e. The number of halogens is 1. The molecule has 1 heterocycles. The molecular weight excluding hydrogens is 286 g/mol. The molecule has 0 saturated heterocycles. The number of carbonyl (C=O) groups is 1. The average molecular weight is 300 g/mol. The molecular formula is C16H14ClN3O. The second kappa shape index (κ2) is 7.44. The van der Waals surface area contributed by atoms with Crippen LogP contribution in [0, 0.1) is 11.8 Å². The number of nitrogens with two attached hydrogens (primary N) is 1. The van der Waals surface area contributed by atoms with Gasteiger partial charge in [-0.2, -0.15) is 0 Å². The van der Waals surface area contributed by atoms with E-state index in [1.165, 1.54) is 6.20 Å². The first-order chi connectivity index (χ1) is 10.2. The first-order valence-electron chi connectivity index (χ1n) is 6.35. The molecule has 2 rings (SSSR count). The van der Waals surface area contributed by atoms with Gasteiger partial charge in [0.25, 0.3) is 5.91 Å². The Hall–Kier alpha value is -2.35. The maximum absolute atomic E-state index is 12.1. The molecule has 0 unspecified atom stereocenters. The van der Waals surface area contributed by atoms with Crippen LogP contribution in [0.5, 0.6) is 0 Å². The van der Waals surface area contributed by atoms with Gasteiger partial charge in [-0.25, -0.2) is 0 Å². The van der Waals surface area contributed by atoms with Gasteiger partial charge in [-0.3, -0.25) is 9.78 Å². The number of rotatable bonds is 3. The zero-order valence-electron chi connectivity index (χ0n) is 11.3. The maximum atomic E-state index is 12.1. The molecule has 0 aliphatic carbocycles. The summed E-state index contributed by atoms with van der Waals surface area (Å²) in [4.78, 5) is 16.1. The van der Waals surface area contributed by atoms with E-state index in [2.05, 4.69) is 22.1 Å². The summed E-state index contributed by atoms with van der Waals surface area (Å²) in [6, 6.07) is 8.99. The molecule has 0 spiro atoms. The Bertz CT molecular complexity index is 687. The molecule has 0 atom stereocenters. The third kappa shape index (κ3) is 4.60. The number of hydrogen-bond donors (Lipinski definition) is 2. The first kappa shape index (κ1) is 15.0. The van der Waals surface area contributed by atoms with Crippen molar-refractivity contribution in [3.8, 4) is 11.8 Å². The normalized spacial score (nSPS) is 9.62. The number of benzene rings is 1. The summed E-state index contributed by atoms with van der Waals surface area (Å²) < 4.78 is 0. The quantitative estimate of drug-likeness (QED) is 0.852. The zero-order valence-corrected chi connectivity index (χ0v) is 12.0. The minimum absolute atomic E-state index is 0.200. The van der Waals surface area contributed by atoms with Crippen LogP contribution in [0.25, 0.3) is 0 Å². The molecule has 0 radical (unpaired) electrons. The Balaban J connectivity index is 2.01. The van der Waals surface area contributed by atoms with E-state index in [0.29, 0.717) is 22.7 Å². The molecule has 1 amide bonds. The van der Waals surface area contributed by atoms with Crippen molar-refractivity contribution in [2.45, 2.75) is 6.54 Å². The molecule has 0 aliphatic rings. The third-order valence-electron chi connectivity index (χ3n) is 2.70. The SMILES string of the molecule is NCC#Cc1cncc(C(=O)NCc2ccc(Cl)cc2)c1. The molecule has 0 saturated carbocycles. The summed E-state index contributed by atoms with van der Waals surface area (Å²) in [6.07, 6.45) is 3.10. The number of hydrogen-bond acceptors (Lipinski definition) is 3. The van der Waals surface area contributed by atoms with Gasteiger partial charge in [-0.1, -0.05) is 35.6 Å². The Kier molecular flexibility index (Phi) is 5.33. The minimum atomic E-state index is -0.200. The van der Waals surface area contributed by atoms with Crippen LogP contribution in [0.3, 0.4) is 0 Å². The van der Waals surface area contributed by atoms with Crippen molar-refractivity contribution >= 4 is 17.5 Å². The van der Waals surface area contributed by atoms with Crippen molar-refractivity contribution in [3.05, 3.63) is 64.4 Å². The molecule has 21 heavy (non-hydrogen) atoms. The van der Waals surface area contributed by atoms with Crippen LogP contribution in [-0.4, -0.2) is 17.4 Å². The average Bonchev–Trinajstić information content (AvgIpc) is 2.52. The Morgan fingerprint density at radius 3 is 2.76 bits per heavy atom. The summed E-state index contributed by atoms with van der Waals surface area (Å²) in [5, 5.41) is 3.49. The van der Waals surface area contributed by atoms with Gasteiger partial charge >= 0.3 is 0 Å². The van der Waals surface area contributed by atoms with Gasteiger partial charge in [0.2, 0.25) is 0 Å². The standard InChI is InChI=1S/C16H14ClN3O/c17-15-5-3-12(4-6-15)10-20-16(21)14-8-13(2-1-7-18)9-19-11-14/h3-6,8-9,11H,7,10,18H2,(H,20,21). The second-order valence-corrected chi connectivity index (χ2v) is 4.71. The predicted octanol–water partition coefficient (Wildman–Crippen LogP) is 1.98. The monoisotopic (exact) mass is 299 g/mol. The summed E-state index contributed by atoms with van der Waals surface area (Å²) in [5.74, 6) is 5.37. The highest BCUT2D eigenvalue weighted by Crippen LogP contribution is 2.09. The van der Waals surface area contributed by atoms with Crippen LogP contribution in [0.15, 0.2) is 42.7 Å². The van der Waals surface area contributed by atoms with Crippen molar-refractivity contribution in [1.29, 1.82) is 0 Å². The fourth-order valence-electron chi connectivity index (χ4n) is 1.67. The minimum Gasteiger partial charge on any atom is -0.348 e. The summed E-state index contributed by atoms with van der Waals surface area (Å²) in [6.45, 7) is 0.696. The number of amides is 1. The molecule has 1 aromatic heterocycles. The number of nitrogens with one attached hydrogen (secondary N) is 1. The van der Waals surface area contributed by atoms with Crippen LogP contribution in [0.4, 0.5) is 0 Å². The second-order valence-electron chi connectivity index (χ2n) is 4.28. The molecule has 2 aromatic rings. The molecule has 0 bridgehead atoms. The van der Waals surface area contributed by atoms with Crippen LogP contribution in [-0.2, 0) is 6.54 Å². The van der Waals surface area contributed by atoms with Gasteiger partial charge in [-0.05, 0) is 23.8 Å². The predicted molar refractivity (Wildman–Crippen MR) is 82.8 cm³/mol. The fourth-order valence-corrected chi connectivity index (χ4v) is 1.80. The molecule has 5 heteroatoms. The third-order valence-corrected chi connectivity index (χ3v) is 2.95. The van der Waals surface area contributed by atoms with E-state index in [-0.39, 0.29) is 12.5 Å². The first-order valence-corrected chi connectivity index (χ1v) is 6.73. The smallest absolute Gasteiger partial charge is 0.253 e. The van der Waals surface area contributed by atoms with E-state index >= 15 is 0 Å². The molecule has 0 aliphatic heterocycles. The summed E-state index contributed by atoms with van der Waals surface area (Å²) in [5.41, 5.74) is 7.42.